The fourth-order valence-corrected chi connectivity index (χ4v) is 4.61. The van der Waals surface area contributed by atoms with Crippen molar-refractivity contribution in [2.24, 2.45) is 0 Å². The van der Waals surface area contributed by atoms with Gasteiger partial charge in [-0.1, -0.05) is 30.3 Å². The number of nitrogens with zero attached hydrogens (tertiary/aromatic N) is 4. The van der Waals surface area contributed by atoms with Gasteiger partial charge in [0.25, 0.3) is 11.8 Å². The number of amides is 2. The number of carbonyl (C=O) groups is 2. The number of aliphatic hydroxyl groups is 1. The van der Waals surface area contributed by atoms with Crippen molar-refractivity contribution in [3.05, 3.63) is 90.0 Å². The largest absolute Gasteiger partial charge is 0.394 e. The molecule has 2 amide bonds. The van der Waals surface area contributed by atoms with Crippen LogP contribution >= 0.6 is 0 Å². The van der Waals surface area contributed by atoms with Crippen molar-refractivity contribution in [3.63, 3.8) is 0 Å². The maximum absolute atomic E-state index is 13.2. The molecule has 0 radical (unpaired) electrons. The van der Waals surface area contributed by atoms with Crippen LogP contribution in [-0.2, 0) is 0 Å². The minimum Gasteiger partial charge on any atom is -0.394 e. The molecule has 4 heterocycles. The number of aromatic nitrogens is 2. The Morgan fingerprint density at radius 1 is 0.900 bits per heavy atom. The Bertz CT molecular complexity index is 1090. The predicted octanol–water partition coefficient (Wildman–Crippen LogP) is 2.11. The molecular weight excluding hydrogens is 380 g/mol. The van der Waals surface area contributed by atoms with Crippen molar-refractivity contribution in [2.45, 2.75) is 18.0 Å². The third kappa shape index (κ3) is 2.78. The standard InChI is InChI=1S/C23H20N4O3/c28-14-20-21-15-7-1-2-10-18(15)26(22(29)16-8-3-5-11-24-16)13-19(21)27(20)23(30)17-9-4-6-12-25-17/h1-12,19-21,28H,13-14H2/t19-,20-,21+/m1/s1. The number of rotatable bonds is 3. The Morgan fingerprint density at radius 3 is 2.17 bits per heavy atom. The van der Waals surface area contributed by atoms with E-state index >= 15 is 0 Å². The van der Waals surface area contributed by atoms with Gasteiger partial charge in [-0.05, 0) is 35.9 Å². The summed E-state index contributed by atoms with van der Waals surface area (Å²) in [6, 6.07) is 17.5. The average molecular weight is 400 g/mol. The van der Waals surface area contributed by atoms with Crippen LogP contribution in [0.5, 0.6) is 0 Å². The lowest BCUT2D eigenvalue weighted by atomic mass is 9.71. The summed E-state index contributed by atoms with van der Waals surface area (Å²) in [5, 5.41) is 10.1. The molecule has 3 aromatic rings. The molecule has 1 aromatic carbocycles. The first-order chi connectivity index (χ1) is 14.7. The van der Waals surface area contributed by atoms with Gasteiger partial charge < -0.3 is 14.9 Å². The summed E-state index contributed by atoms with van der Waals surface area (Å²) in [6.07, 6.45) is 3.17. The van der Waals surface area contributed by atoms with Crippen molar-refractivity contribution < 1.29 is 14.7 Å². The van der Waals surface area contributed by atoms with E-state index in [2.05, 4.69) is 9.97 Å². The molecule has 150 valence electrons. The second-order valence-corrected chi connectivity index (χ2v) is 7.46. The lowest BCUT2D eigenvalue weighted by molar-refractivity contribution is -0.0250. The molecule has 2 aromatic heterocycles. The van der Waals surface area contributed by atoms with E-state index in [1.54, 1.807) is 58.6 Å². The van der Waals surface area contributed by atoms with Crippen LogP contribution in [0.3, 0.4) is 0 Å². The maximum atomic E-state index is 13.2. The Labute approximate surface area is 173 Å². The van der Waals surface area contributed by atoms with Gasteiger partial charge in [0.05, 0.1) is 18.7 Å². The molecule has 30 heavy (non-hydrogen) atoms. The highest BCUT2D eigenvalue weighted by Gasteiger charge is 2.55. The zero-order valence-electron chi connectivity index (χ0n) is 16.1. The average Bonchev–Trinajstić information content (AvgIpc) is 2.80. The molecule has 3 atom stereocenters. The maximum Gasteiger partial charge on any atom is 0.276 e. The van der Waals surface area contributed by atoms with Crippen LogP contribution in [0.1, 0.15) is 32.5 Å². The molecule has 0 spiro atoms. The van der Waals surface area contributed by atoms with E-state index in [9.17, 15) is 14.7 Å². The smallest absolute Gasteiger partial charge is 0.276 e. The van der Waals surface area contributed by atoms with Crippen LogP contribution in [0.2, 0.25) is 0 Å². The summed E-state index contributed by atoms with van der Waals surface area (Å²) >= 11 is 0. The number of fused-ring (bicyclic) bond motifs is 3. The van der Waals surface area contributed by atoms with Crippen molar-refractivity contribution in [3.8, 4) is 0 Å². The minimum absolute atomic E-state index is 0.0355. The molecule has 0 bridgehead atoms. The van der Waals surface area contributed by atoms with Gasteiger partial charge in [0.15, 0.2) is 0 Å². The number of likely N-dealkylation sites (tertiary alicyclic amines) is 1. The van der Waals surface area contributed by atoms with Gasteiger partial charge in [0.1, 0.15) is 11.4 Å². The molecule has 2 aliphatic heterocycles. The van der Waals surface area contributed by atoms with Crippen LogP contribution in [-0.4, -0.2) is 57.0 Å². The number of hydrogen-bond acceptors (Lipinski definition) is 5. The minimum atomic E-state index is -0.349. The van der Waals surface area contributed by atoms with Crippen molar-refractivity contribution in [1.29, 1.82) is 0 Å². The van der Waals surface area contributed by atoms with Crippen LogP contribution in [0.25, 0.3) is 0 Å². The number of para-hydroxylation sites is 1. The van der Waals surface area contributed by atoms with Crippen molar-refractivity contribution in [2.75, 3.05) is 18.1 Å². The lowest BCUT2D eigenvalue weighted by Crippen LogP contribution is -2.70. The number of pyridine rings is 2. The summed E-state index contributed by atoms with van der Waals surface area (Å²) in [5.74, 6) is -0.480. The number of carbonyl (C=O) groups excluding carboxylic acids is 2. The highest BCUT2D eigenvalue weighted by Crippen LogP contribution is 2.48. The topological polar surface area (TPSA) is 86.6 Å². The summed E-state index contributed by atoms with van der Waals surface area (Å²) in [6.45, 7) is 0.189. The van der Waals surface area contributed by atoms with Crippen molar-refractivity contribution >= 4 is 17.5 Å². The highest BCUT2D eigenvalue weighted by molar-refractivity contribution is 6.06. The van der Waals surface area contributed by atoms with Gasteiger partial charge in [-0.15, -0.1) is 0 Å². The molecule has 1 N–H and O–H groups in total. The number of hydrogen-bond donors (Lipinski definition) is 1. The van der Waals surface area contributed by atoms with Gasteiger partial charge in [-0.25, -0.2) is 0 Å². The summed E-state index contributed by atoms with van der Waals surface area (Å²) in [5.41, 5.74) is 2.45. The van der Waals surface area contributed by atoms with E-state index in [0.717, 1.165) is 11.3 Å². The molecule has 7 nitrogen and oxygen atoms in total. The third-order valence-electron chi connectivity index (χ3n) is 5.93. The second-order valence-electron chi connectivity index (χ2n) is 7.46. The van der Waals surface area contributed by atoms with Crippen LogP contribution < -0.4 is 4.90 Å². The van der Waals surface area contributed by atoms with E-state index in [1.807, 2.05) is 24.3 Å². The number of benzene rings is 1. The van der Waals surface area contributed by atoms with E-state index in [0.29, 0.717) is 17.9 Å². The van der Waals surface area contributed by atoms with E-state index in [1.165, 1.54) is 0 Å². The van der Waals surface area contributed by atoms with Crippen LogP contribution in [0, 0.1) is 0 Å². The zero-order valence-corrected chi connectivity index (χ0v) is 16.1. The SMILES string of the molecule is O=C(c1ccccn1)N1C[C@@H]2[C@H](c3ccccc31)[C@@H](CO)N2C(=O)c1ccccn1. The molecule has 0 unspecified atom stereocenters. The van der Waals surface area contributed by atoms with Gasteiger partial charge in [0.2, 0.25) is 0 Å². The normalized spacial score (nSPS) is 22.0. The molecule has 7 heteroatoms. The molecule has 5 rings (SSSR count). The molecular formula is C23H20N4O3. The van der Waals surface area contributed by atoms with Crippen molar-refractivity contribution in [1.82, 2.24) is 14.9 Å². The van der Waals surface area contributed by atoms with Gasteiger partial charge in [0, 0.05) is 30.5 Å². The molecule has 2 aliphatic rings. The Balaban J connectivity index is 1.54. The second kappa shape index (κ2) is 7.35. The zero-order chi connectivity index (χ0) is 20.7. The molecule has 1 saturated heterocycles. The fraction of sp³-hybridized carbons (Fsp3) is 0.217. The Hall–Kier alpha value is -3.58. The number of aliphatic hydroxyl groups excluding tert-OH is 1. The summed E-state index contributed by atoms with van der Waals surface area (Å²) in [7, 11) is 0. The summed E-state index contributed by atoms with van der Waals surface area (Å²) < 4.78 is 0. The van der Waals surface area contributed by atoms with E-state index in [4.69, 9.17) is 0 Å². The molecule has 0 saturated carbocycles. The third-order valence-corrected chi connectivity index (χ3v) is 5.93. The first-order valence-corrected chi connectivity index (χ1v) is 9.87. The molecule has 1 fully saturated rings. The highest BCUT2D eigenvalue weighted by atomic mass is 16.3. The fourth-order valence-electron chi connectivity index (χ4n) is 4.61. The lowest BCUT2D eigenvalue weighted by Gasteiger charge is -2.58. The predicted molar refractivity (Wildman–Crippen MR) is 110 cm³/mol. The van der Waals surface area contributed by atoms with Gasteiger partial charge in [-0.2, -0.15) is 0 Å². The van der Waals surface area contributed by atoms with Gasteiger partial charge >= 0.3 is 0 Å². The first kappa shape index (κ1) is 18.4. The van der Waals surface area contributed by atoms with E-state index < -0.39 is 0 Å². The number of anilines is 1. The summed E-state index contributed by atoms with van der Waals surface area (Å²) in [4.78, 5) is 38.1. The van der Waals surface area contributed by atoms with Crippen LogP contribution in [0.15, 0.2) is 73.1 Å². The quantitative estimate of drug-likeness (QED) is 0.728. The molecule has 0 aliphatic carbocycles. The Morgan fingerprint density at radius 2 is 1.53 bits per heavy atom. The first-order valence-electron chi connectivity index (χ1n) is 9.87. The monoisotopic (exact) mass is 400 g/mol. The van der Waals surface area contributed by atoms with Gasteiger partial charge in [-0.3, -0.25) is 19.6 Å². The van der Waals surface area contributed by atoms with E-state index in [-0.39, 0.29) is 36.4 Å². The Kier molecular flexibility index (Phi) is 4.52. The van der Waals surface area contributed by atoms with Crippen LogP contribution in [0.4, 0.5) is 5.69 Å².